The molecule has 2 amide bonds. The summed E-state index contributed by atoms with van der Waals surface area (Å²) in [5.74, 6) is 0.698. The van der Waals surface area contributed by atoms with E-state index < -0.39 is 17.8 Å². The Morgan fingerprint density at radius 2 is 1.66 bits per heavy atom. The normalized spacial score (nSPS) is 11.1. The summed E-state index contributed by atoms with van der Waals surface area (Å²) in [6.45, 7) is 7.29. The number of carbonyl (C=O) groups is 2. The number of imide groups is 1. The molecule has 1 aromatic carbocycles. The van der Waals surface area contributed by atoms with Crippen molar-refractivity contribution in [1.29, 1.82) is 0 Å². The van der Waals surface area contributed by atoms with Gasteiger partial charge in [0.25, 0.3) is 0 Å². The van der Waals surface area contributed by atoms with Crippen molar-refractivity contribution in [2.75, 3.05) is 11.5 Å². The second kappa shape index (κ2) is 10.0. The Morgan fingerprint density at radius 3 is 2.25 bits per heavy atom. The summed E-state index contributed by atoms with van der Waals surface area (Å²) in [7, 11) is 0. The predicted octanol–water partition coefficient (Wildman–Crippen LogP) is 5.48. The third-order valence-corrected chi connectivity index (χ3v) is 4.15. The molecule has 0 aliphatic carbocycles. The highest BCUT2D eigenvalue weighted by molar-refractivity contribution is 6.08. The van der Waals surface area contributed by atoms with Crippen LogP contribution in [0.3, 0.4) is 0 Å². The summed E-state index contributed by atoms with van der Waals surface area (Å²) in [6, 6.07) is 12.5. The molecule has 2 aromatic heterocycles. The van der Waals surface area contributed by atoms with Crippen molar-refractivity contribution in [3.63, 3.8) is 0 Å². The molecule has 0 bridgehead atoms. The summed E-state index contributed by atoms with van der Waals surface area (Å²) in [5.41, 5.74) is 0.532. The molecule has 3 rings (SSSR count). The number of benzene rings is 1. The summed E-state index contributed by atoms with van der Waals surface area (Å²) in [6.07, 6.45) is 1.25. The summed E-state index contributed by atoms with van der Waals surface area (Å²) in [5, 5.41) is 8.11. The van der Waals surface area contributed by atoms with E-state index in [1.165, 1.54) is 12.3 Å². The third-order valence-electron chi connectivity index (χ3n) is 4.15. The maximum atomic E-state index is 12.7. The summed E-state index contributed by atoms with van der Waals surface area (Å²) in [4.78, 5) is 30.3. The van der Waals surface area contributed by atoms with E-state index in [9.17, 15) is 9.59 Å². The SMILES string of the molecule is CCCCOC(=O)N(C(=O)OC(C)(C)C)c1ccc(-c2nnc(-c3ccccc3)o2)cn1. The van der Waals surface area contributed by atoms with Crippen molar-refractivity contribution in [1.82, 2.24) is 15.2 Å². The number of aromatic nitrogens is 3. The van der Waals surface area contributed by atoms with Crippen molar-refractivity contribution in [3.05, 3.63) is 48.7 Å². The van der Waals surface area contributed by atoms with Crippen molar-refractivity contribution < 1.29 is 23.5 Å². The number of anilines is 1. The molecule has 0 spiro atoms. The molecular weight excluding hydrogens is 412 g/mol. The number of amides is 2. The van der Waals surface area contributed by atoms with E-state index in [0.29, 0.717) is 17.9 Å². The van der Waals surface area contributed by atoms with Crippen LogP contribution in [0.2, 0.25) is 0 Å². The molecule has 32 heavy (non-hydrogen) atoms. The molecule has 9 nitrogen and oxygen atoms in total. The van der Waals surface area contributed by atoms with Gasteiger partial charge < -0.3 is 13.9 Å². The van der Waals surface area contributed by atoms with Gasteiger partial charge in [-0.1, -0.05) is 31.5 Å². The first-order valence-corrected chi connectivity index (χ1v) is 10.3. The van der Waals surface area contributed by atoms with E-state index in [0.717, 1.165) is 16.9 Å². The van der Waals surface area contributed by atoms with Crippen LogP contribution in [0.25, 0.3) is 22.9 Å². The minimum atomic E-state index is -0.872. The van der Waals surface area contributed by atoms with Gasteiger partial charge in [0, 0.05) is 11.8 Å². The number of unbranched alkanes of at least 4 members (excludes halogenated alkanes) is 1. The highest BCUT2D eigenvalue weighted by Gasteiger charge is 2.31. The smallest absolute Gasteiger partial charge is 0.425 e. The van der Waals surface area contributed by atoms with E-state index in [-0.39, 0.29) is 18.3 Å². The maximum absolute atomic E-state index is 12.7. The lowest BCUT2D eigenvalue weighted by Gasteiger charge is -2.25. The van der Waals surface area contributed by atoms with E-state index in [2.05, 4.69) is 15.2 Å². The third kappa shape index (κ3) is 5.90. The van der Waals surface area contributed by atoms with Gasteiger partial charge in [0.05, 0.1) is 12.2 Å². The van der Waals surface area contributed by atoms with Crippen LogP contribution >= 0.6 is 0 Å². The Hall–Kier alpha value is -3.75. The number of ether oxygens (including phenoxy) is 2. The average Bonchev–Trinajstić information content (AvgIpc) is 3.24. The van der Waals surface area contributed by atoms with Crippen molar-refractivity contribution in [3.8, 4) is 22.9 Å². The van der Waals surface area contributed by atoms with Gasteiger partial charge in [0.15, 0.2) is 0 Å². The molecule has 0 atom stereocenters. The molecule has 0 aliphatic rings. The Kier molecular flexibility index (Phi) is 7.19. The topological polar surface area (TPSA) is 108 Å². The monoisotopic (exact) mass is 438 g/mol. The van der Waals surface area contributed by atoms with Gasteiger partial charge in [-0.05, 0) is 51.5 Å². The van der Waals surface area contributed by atoms with Crippen LogP contribution in [0.4, 0.5) is 15.4 Å². The van der Waals surface area contributed by atoms with Crippen LogP contribution in [0.5, 0.6) is 0 Å². The molecule has 2 heterocycles. The number of carbonyl (C=O) groups excluding carboxylic acids is 2. The Morgan fingerprint density at radius 1 is 0.969 bits per heavy atom. The van der Waals surface area contributed by atoms with Crippen molar-refractivity contribution in [2.24, 2.45) is 0 Å². The van der Waals surface area contributed by atoms with Crippen molar-refractivity contribution >= 4 is 18.0 Å². The quantitative estimate of drug-likeness (QED) is 0.466. The van der Waals surface area contributed by atoms with Crippen molar-refractivity contribution in [2.45, 2.75) is 46.1 Å². The van der Waals surface area contributed by atoms with E-state index in [1.807, 2.05) is 37.3 Å². The minimum Gasteiger partial charge on any atom is -0.449 e. The zero-order valence-electron chi connectivity index (χ0n) is 18.6. The molecule has 3 aromatic rings. The Bertz CT molecular complexity index is 1040. The van der Waals surface area contributed by atoms with Gasteiger partial charge >= 0.3 is 12.2 Å². The largest absolute Gasteiger partial charge is 0.449 e. The zero-order valence-corrected chi connectivity index (χ0v) is 18.6. The fourth-order valence-electron chi connectivity index (χ4n) is 2.62. The summed E-state index contributed by atoms with van der Waals surface area (Å²) < 4.78 is 16.3. The average molecular weight is 438 g/mol. The lowest BCUT2D eigenvalue weighted by molar-refractivity contribution is 0.0566. The molecule has 0 unspecified atom stereocenters. The predicted molar refractivity (Wildman–Crippen MR) is 118 cm³/mol. The van der Waals surface area contributed by atoms with Crippen LogP contribution in [0, 0.1) is 0 Å². The molecule has 168 valence electrons. The molecule has 0 aliphatic heterocycles. The molecule has 0 N–H and O–H groups in total. The molecule has 0 fully saturated rings. The maximum Gasteiger partial charge on any atom is 0.425 e. The van der Waals surface area contributed by atoms with Crippen LogP contribution in [0.1, 0.15) is 40.5 Å². The lowest BCUT2D eigenvalue weighted by atomic mass is 10.2. The van der Waals surface area contributed by atoms with Crippen LogP contribution in [-0.2, 0) is 9.47 Å². The number of pyridine rings is 1. The Balaban J connectivity index is 1.83. The Labute approximate surface area is 186 Å². The van der Waals surface area contributed by atoms with Crippen LogP contribution in [0.15, 0.2) is 53.1 Å². The van der Waals surface area contributed by atoms with Gasteiger partial charge in [0.2, 0.25) is 11.8 Å². The first kappa shape index (κ1) is 22.9. The number of hydrogen-bond acceptors (Lipinski definition) is 8. The van der Waals surface area contributed by atoms with Crippen LogP contribution < -0.4 is 4.90 Å². The fraction of sp³-hybridized carbons (Fsp3) is 0.348. The number of nitrogens with zero attached hydrogens (tertiary/aromatic N) is 4. The first-order valence-electron chi connectivity index (χ1n) is 10.3. The highest BCUT2D eigenvalue weighted by Crippen LogP contribution is 2.25. The fourth-order valence-corrected chi connectivity index (χ4v) is 2.62. The van der Waals surface area contributed by atoms with Crippen LogP contribution in [-0.4, -0.2) is 39.6 Å². The molecular formula is C23H26N4O5. The van der Waals surface area contributed by atoms with Gasteiger partial charge in [-0.25, -0.2) is 14.6 Å². The highest BCUT2D eigenvalue weighted by atomic mass is 16.6. The lowest BCUT2D eigenvalue weighted by Crippen LogP contribution is -2.42. The van der Waals surface area contributed by atoms with Gasteiger partial charge in [0.1, 0.15) is 11.4 Å². The minimum absolute atomic E-state index is 0.0623. The summed E-state index contributed by atoms with van der Waals surface area (Å²) >= 11 is 0. The standard InChI is InChI=1S/C23H26N4O5/c1-5-6-14-30-21(28)27(22(29)32-23(2,3)4)18-13-12-17(15-24-18)20-26-25-19(31-20)16-10-8-7-9-11-16/h7-13,15H,5-6,14H2,1-4H3. The molecule has 0 saturated carbocycles. The first-order chi connectivity index (χ1) is 15.3. The second-order valence-electron chi connectivity index (χ2n) is 7.97. The molecule has 9 heteroatoms. The van der Waals surface area contributed by atoms with E-state index >= 15 is 0 Å². The molecule has 0 radical (unpaired) electrons. The number of hydrogen-bond donors (Lipinski definition) is 0. The molecule has 0 saturated heterocycles. The van der Waals surface area contributed by atoms with E-state index in [4.69, 9.17) is 13.9 Å². The number of rotatable bonds is 6. The van der Waals surface area contributed by atoms with Gasteiger partial charge in [-0.2, -0.15) is 4.90 Å². The zero-order chi connectivity index (χ0) is 23.1. The van der Waals surface area contributed by atoms with E-state index in [1.54, 1.807) is 26.8 Å². The second-order valence-corrected chi connectivity index (χ2v) is 7.97. The van der Waals surface area contributed by atoms with Gasteiger partial charge in [-0.3, -0.25) is 0 Å². The van der Waals surface area contributed by atoms with Gasteiger partial charge in [-0.15, -0.1) is 10.2 Å².